The SMILES string of the molecule is C[C@H](c1ccccc1)n1nccc1C(=O)CBr. The number of hydrogen-bond donors (Lipinski definition) is 0. The van der Waals surface area contributed by atoms with Crippen LogP contribution in [0, 0.1) is 0 Å². The molecule has 1 aromatic carbocycles. The lowest BCUT2D eigenvalue weighted by atomic mass is 10.1. The fourth-order valence-corrected chi connectivity index (χ4v) is 2.07. The predicted octanol–water partition coefficient (Wildman–Crippen LogP) is 3.07. The molecule has 1 aromatic heterocycles. The Morgan fingerprint density at radius 1 is 1.35 bits per heavy atom. The molecular formula is C13H13BrN2O. The molecule has 2 rings (SSSR count). The first-order chi connectivity index (χ1) is 8.24. The van der Waals surface area contributed by atoms with E-state index in [4.69, 9.17) is 0 Å². The van der Waals surface area contributed by atoms with Crippen molar-refractivity contribution in [3.05, 3.63) is 53.9 Å². The Hall–Kier alpha value is -1.42. The fraction of sp³-hybridized carbons (Fsp3) is 0.231. The highest BCUT2D eigenvalue weighted by Crippen LogP contribution is 2.19. The summed E-state index contributed by atoms with van der Waals surface area (Å²) in [5, 5.41) is 4.56. The van der Waals surface area contributed by atoms with Crippen molar-refractivity contribution in [3.8, 4) is 0 Å². The van der Waals surface area contributed by atoms with Crippen molar-refractivity contribution in [1.82, 2.24) is 9.78 Å². The summed E-state index contributed by atoms with van der Waals surface area (Å²) in [6.07, 6.45) is 1.66. The molecule has 0 spiro atoms. The Morgan fingerprint density at radius 2 is 2.06 bits per heavy atom. The third-order valence-electron chi connectivity index (χ3n) is 2.73. The van der Waals surface area contributed by atoms with E-state index >= 15 is 0 Å². The molecule has 0 unspecified atom stereocenters. The van der Waals surface area contributed by atoms with Crippen LogP contribution in [0.2, 0.25) is 0 Å². The van der Waals surface area contributed by atoms with E-state index in [9.17, 15) is 4.79 Å². The molecule has 88 valence electrons. The highest BCUT2D eigenvalue weighted by Gasteiger charge is 2.16. The lowest BCUT2D eigenvalue weighted by molar-refractivity contribution is 0.101. The van der Waals surface area contributed by atoms with Crippen molar-refractivity contribution in [2.24, 2.45) is 0 Å². The van der Waals surface area contributed by atoms with Crippen LogP contribution in [0.5, 0.6) is 0 Å². The fourth-order valence-electron chi connectivity index (χ4n) is 1.78. The number of alkyl halides is 1. The minimum Gasteiger partial charge on any atom is -0.292 e. The van der Waals surface area contributed by atoms with Gasteiger partial charge in [-0.2, -0.15) is 5.10 Å². The molecule has 0 aliphatic heterocycles. The first-order valence-corrected chi connectivity index (χ1v) is 6.54. The Kier molecular flexibility index (Phi) is 3.74. The van der Waals surface area contributed by atoms with Gasteiger partial charge in [-0.05, 0) is 18.6 Å². The molecule has 0 saturated heterocycles. The number of halogens is 1. The number of Topliss-reactive ketones (excluding diaryl/α,β-unsaturated/α-hetero) is 1. The van der Waals surface area contributed by atoms with Gasteiger partial charge in [0.25, 0.3) is 0 Å². The second-order valence-corrected chi connectivity index (χ2v) is 4.37. The van der Waals surface area contributed by atoms with E-state index in [0.717, 1.165) is 5.56 Å². The number of hydrogen-bond acceptors (Lipinski definition) is 2. The normalized spacial score (nSPS) is 12.4. The van der Waals surface area contributed by atoms with E-state index in [1.165, 1.54) is 0 Å². The van der Waals surface area contributed by atoms with Gasteiger partial charge in [-0.1, -0.05) is 46.3 Å². The number of aromatic nitrogens is 2. The minimum absolute atomic E-state index is 0.0466. The summed E-state index contributed by atoms with van der Waals surface area (Å²) in [4.78, 5) is 11.7. The molecule has 0 aliphatic carbocycles. The average Bonchev–Trinajstić information content (AvgIpc) is 2.87. The quantitative estimate of drug-likeness (QED) is 0.641. The third-order valence-corrected chi connectivity index (χ3v) is 3.24. The van der Waals surface area contributed by atoms with Crippen molar-refractivity contribution in [1.29, 1.82) is 0 Å². The van der Waals surface area contributed by atoms with Crippen LogP contribution in [0.25, 0.3) is 0 Å². The summed E-state index contributed by atoms with van der Waals surface area (Å²) < 4.78 is 1.76. The summed E-state index contributed by atoms with van der Waals surface area (Å²) in [7, 11) is 0. The van der Waals surface area contributed by atoms with Gasteiger partial charge in [-0.3, -0.25) is 9.48 Å². The average molecular weight is 293 g/mol. The van der Waals surface area contributed by atoms with Gasteiger partial charge in [-0.15, -0.1) is 0 Å². The van der Waals surface area contributed by atoms with Crippen LogP contribution >= 0.6 is 15.9 Å². The summed E-state index contributed by atoms with van der Waals surface area (Å²) in [6.45, 7) is 2.04. The number of carbonyl (C=O) groups excluding carboxylic acids is 1. The molecule has 17 heavy (non-hydrogen) atoms. The second kappa shape index (κ2) is 5.27. The van der Waals surface area contributed by atoms with Crippen LogP contribution in [0.3, 0.4) is 0 Å². The molecule has 1 atom stereocenters. The third kappa shape index (κ3) is 2.47. The first-order valence-electron chi connectivity index (χ1n) is 5.41. The number of benzene rings is 1. The minimum atomic E-state index is 0.0466. The zero-order valence-corrected chi connectivity index (χ0v) is 11.1. The molecule has 0 aliphatic rings. The molecule has 0 bridgehead atoms. The van der Waals surface area contributed by atoms with Crippen LogP contribution in [0.1, 0.15) is 29.0 Å². The first kappa shape index (κ1) is 12.0. The van der Waals surface area contributed by atoms with Crippen molar-refractivity contribution < 1.29 is 4.79 Å². The maximum Gasteiger partial charge on any atom is 0.191 e. The number of nitrogens with zero attached hydrogens (tertiary/aromatic N) is 2. The van der Waals surface area contributed by atoms with Gasteiger partial charge in [0, 0.05) is 6.20 Å². The molecule has 0 fully saturated rings. The van der Waals surface area contributed by atoms with Crippen molar-refractivity contribution in [2.75, 3.05) is 5.33 Å². The Balaban J connectivity index is 2.35. The number of ketones is 1. The highest BCUT2D eigenvalue weighted by atomic mass is 79.9. The van der Waals surface area contributed by atoms with E-state index < -0.39 is 0 Å². The largest absolute Gasteiger partial charge is 0.292 e. The molecule has 3 nitrogen and oxygen atoms in total. The predicted molar refractivity (Wildman–Crippen MR) is 70.6 cm³/mol. The Morgan fingerprint density at radius 3 is 2.71 bits per heavy atom. The molecule has 0 saturated carbocycles. The van der Waals surface area contributed by atoms with E-state index in [1.807, 2.05) is 37.3 Å². The van der Waals surface area contributed by atoms with Crippen LogP contribution < -0.4 is 0 Å². The van der Waals surface area contributed by atoms with Gasteiger partial charge in [0.05, 0.1) is 11.4 Å². The molecule has 2 aromatic rings. The zero-order valence-electron chi connectivity index (χ0n) is 9.51. The van der Waals surface area contributed by atoms with Crippen LogP contribution in [0.4, 0.5) is 0 Å². The molecule has 0 amide bonds. The second-order valence-electron chi connectivity index (χ2n) is 3.80. The standard InChI is InChI=1S/C13H13BrN2O/c1-10(11-5-3-2-4-6-11)16-12(7-8-15-16)13(17)9-14/h2-8,10H,9H2,1H3/t10-/m1/s1. The van der Waals surface area contributed by atoms with Crippen molar-refractivity contribution >= 4 is 21.7 Å². The van der Waals surface area contributed by atoms with Gasteiger partial charge in [-0.25, -0.2) is 0 Å². The maximum absolute atomic E-state index is 11.7. The molecule has 0 N–H and O–H groups in total. The van der Waals surface area contributed by atoms with Gasteiger partial charge in [0.1, 0.15) is 5.69 Å². The lowest BCUT2D eigenvalue weighted by Gasteiger charge is -2.15. The van der Waals surface area contributed by atoms with Crippen LogP contribution in [-0.2, 0) is 0 Å². The van der Waals surface area contributed by atoms with Gasteiger partial charge in [0.2, 0.25) is 0 Å². The molecule has 4 heteroatoms. The smallest absolute Gasteiger partial charge is 0.191 e. The topological polar surface area (TPSA) is 34.9 Å². The lowest BCUT2D eigenvalue weighted by Crippen LogP contribution is -2.16. The summed E-state index contributed by atoms with van der Waals surface area (Å²) in [6, 6.07) is 11.8. The van der Waals surface area contributed by atoms with E-state index in [1.54, 1.807) is 16.9 Å². The van der Waals surface area contributed by atoms with Gasteiger partial charge >= 0.3 is 0 Å². The maximum atomic E-state index is 11.7. The van der Waals surface area contributed by atoms with Gasteiger partial charge in [0.15, 0.2) is 5.78 Å². The Labute approximate surface area is 109 Å². The van der Waals surface area contributed by atoms with Gasteiger partial charge < -0.3 is 0 Å². The molecular weight excluding hydrogens is 280 g/mol. The van der Waals surface area contributed by atoms with Crippen molar-refractivity contribution in [2.45, 2.75) is 13.0 Å². The zero-order chi connectivity index (χ0) is 12.3. The van der Waals surface area contributed by atoms with Crippen LogP contribution in [-0.4, -0.2) is 20.9 Å². The summed E-state index contributed by atoms with van der Waals surface area (Å²) >= 11 is 3.19. The van der Waals surface area contributed by atoms with Crippen molar-refractivity contribution in [3.63, 3.8) is 0 Å². The summed E-state index contributed by atoms with van der Waals surface area (Å²) in [5.74, 6) is 0.0466. The van der Waals surface area contributed by atoms with E-state index in [2.05, 4.69) is 21.0 Å². The summed E-state index contributed by atoms with van der Waals surface area (Å²) in [5.41, 5.74) is 1.78. The Bertz CT molecular complexity index is 507. The monoisotopic (exact) mass is 292 g/mol. The molecule has 1 heterocycles. The number of carbonyl (C=O) groups is 1. The highest BCUT2D eigenvalue weighted by molar-refractivity contribution is 9.09. The number of rotatable bonds is 4. The van der Waals surface area contributed by atoms with Crippen LogP contribution in [0.15, 0.2) is 42.6 Å². The van der Waals surface area contributed by atoms with E-state index in [0.29, 0.717) is 11.0 Å². The molecule has 0 radical (unpaired) electrons. The van der Waals surface area contributed by atoms with E-state index in [-0.39, 0.29) is 11.8 Å².